The van der Waals surface area contributed by atoms with Gasteiger partial charge in [-0.05, 0) is 37.6 Å². The van der Waals surface area contributed by atoms with E-state index in [1.165, 1.54) is 6.07 Å². The quantitative estimate of drug-likeness (QED) is 0.456. The van der Waals surface area contributed by atoms with E-state index in [1.54, 1.807) is 18.5 Å². The zero-order chi connectivity index (χ0) is 20.1. The second-order valence-corrected chi connectivity index (χ2v) is 6.20. The number of halogens is 1. The number of anilines is 3. The van der Waals surface area contributed by atoms with Gasteiger partial charge in [0.15, 0.2) is 0 Å². The molecule has 0 saturated heterocycles. The molecule has 0 unspecified atom stereocenters. The summed E-state index contributed by atoms with van der Waals surface area (Å²) in [6.07, 6.45) is 4.21. The number of rotatable bonds is 7. The van der Waals surface area contributed by atoms with Crippen molar-refractivity contribution in [3.8, 4) is 11.3 Å². The highest BCUT2D eigenvalue weighted by Crippen LogP contribution is 2.26. The van der Waals surface area contributed by atoms with Crippen molar-refractivity contribution in [2.75, 3.05) is 10.6 Å². The molecule has 0 aliphatic carbocycles. The number of hydrogen-bond acceptors (Lipinski definition) is 7. The van der Waals surface area contributed by atoms with E-state index in [-0.39, 0.29) is 6.04 Å². The molecule has 2 N–H and O–H groups in total. The van der Waals surface area contributed by atoms with Gasteiger partial charge >= 0.3 is 5.69 Å². The molecule has 1 atom stereocenters. The Morgan fingerprint density at radius 2 is 1.93 bits per heavy atom. The van der Waals surface area contributed by atoms with Crippen molar-refractivity contribution in [2.45, 2.75) is 26.3 Å². The number of aromatic nitrogens is 3. The van der Waals surface area contributed by atoms with Crippen LogP contribution in [0.5, 0.6) is 0 Å². The van der Waals surface area contributed by atoms with Gasteiger partial charge in [-0.2, -0.15) is 9.37 Å². The Hall–Kier alpha value is -3.62. The van der Waals surface area contributed by atoms with E-state index in [9.17, 15) is 14.5 Å². The molecule has 2 aromatic heterocycles. The molecule has 28 heavy (non-hydrogen) atoms. The molecular formula is C19H19FN6O2. The summed E-state index contributed by atoms with van der Waals surface area (Å²) < 4.78 is 13.6. The third-order valence-electron chi connectivity index (χ3n) is 4.11. The molecule has 0 amide bonds. The Bertz CT molecular complexity index is 983. The summed E-state index contributed by atoms with van der Waals surface area (Å²) in [4.78, 5) is 23.2. The lowest BCUT2D eigenvalue weighted by molar-refractivity contribution is -0.387. The number of nitrogens with zero attached hydrogens (tertiary/aromatic N) is 4. The smallest absolute Gasteiger partial charge is 0.306 e. The Kier molecular flexibility index (Phi) is 5.73. The Morgan fingerprint density at radius 3 is 2.61 bits per heavy atom. The summed E-state index contributed by atoms with van der Waals surface area (Å²) in [6, 6.07) is 9.11. The number of nitrogens with one attached hydrogen (secondary N) is 2. The van der Waals surface area contributed by atoms with Crippen LogP contribution >= 0.6 is 0 Å². The monoisotopic (exact) mass is 382 g/mol. The van der Waals surface area contributed by atoms with Crippen LogP contribution in [0.2, 0.25) is 0 Å². The van der Waals surface area contributed by atoms with E-state index >= 15 is 0 Å². The predicted molar refractivity (Wildman–Crippen MR) is 105 cm³/mol. The number of pyridine rings is 1. The lowest BCUT2D eigenvalue weighted by Gasteiger charge is -2.14. The van der Waals surface area contributed by atoms with Gasteiger partial charge in [0, 0.05) is 41.8 Å². The standard InChI is InChI=1S/C19H19FN6O2/c1-3-12(2)22-19-24-16(13-6-8-21-9-7-13)11-18(25-19)23-14-4-5-15(20)17(10-14)26(27)28/h4-12H,3H2,1-2H3,(H2,22,23,24,25)/t12-/m1/s1. The SMILES string of the molecule is CC[C@@H](C)Nc1nc(Nc2ccc(F)c([N+](=O)[O-])c2)cc(-c2ccncc2)n1. The minimum atomic E-state index is -0.894. The van der Waals surface area contributed by atoms with Gasteiger partial charge in [-0.3, -0.25) is 15.1 Å². The number of nitro groups is 1. The van der Waals surface area contributed by atoms with Crippen molar-refractivity contribution in [1.82, 2.24) is 15.0 Å². The van der Waals surface area contributed by atoms with Crippen LogP contribution in [0, 0.1) is 15.9 Å². The number of hydrogen-bond donors (Lipinski definition) is 2. The lowest BCUT2D eigenvalue weighted by Crippen LogP contribution is -2.16. The molecule has 0 fully saturated rings. The van der Waals surface area contributed by atoms with Gasteiger partial charge in [-0.1, -0.05) is 6.92 Å². The van der Waals surface area contributed by atoms with Crippen LogP contribution in [0.15, 0.2) is 48.8 Å². The van der Waals surface area contributed by atoms with Crippen LogP contribution in [0.3, 0.4) is 0 Å². The Labute approximate surface area is 161 Å². The highest BCUT2D eigenvalue weighted by atomic mass is 19.1. The van der Waals surface area contributed by atoms with Gasteiger partial charge in [0.05, 0.1) is 10.6 Å². The van der Waals surface area contributed by atoms with Crippen molar-refractivity contribution < 1.29 is 9.31 Å². The molecule has 8 nitrogen and oxygen atoms in total. The van der Waals surface area contributed by atoms with Crippen molar-refractivity contribution in [3.63, 3.8) is 0 Å². The third-order valence-corrected chi connectivity index (χ3v) is 4.11. The molecule has 0 bridgehead atoms. The van der Waals surface area contributed by atoms with Crippen LogP contribution < -0.4 is 10.6 Å². The average Bonchev–Trinajstić information content (AvgIpc) is 2.69. The molecular weight excluding hydrogens is 363 g/mol. The van der Waals surface area contributed by atoms with Crippen LogP contribution in [-0.2, 0) is 0 Å². The van der Waals surface area contributed by atoms with E-state index in [4.69, 9.17) is 0 Å². The first-order chi connectivity index (χ1) is 13.5. The molecule has 0 spiro atoms. The molecule has 0 aliphatic rings. The van der Waals surface area contributed by atoms with E-state index in [0.29, 0.717) is 23.1 Å². The van der Waals surface area contributed by atoms with Crippen LogP contribution in [0.1, 0.15) is 20.3 Å². The van der Waals surface area contributed by atoms with Crippen molar-refractivity contribution in [3.05, 3.63) is 64.7 Å². The fourth-order valence-corrected chi connectivity index (χ4v) is 2.45. The van der Waals surface area contributed by atoms with Crippen LogP contribution in [0.4, 0.5) is 27.5 Å². The molecule has 144 valence electrons. The van der Waals surface area contributed by atoms with Gasteiger partial charge < -0.3 is 10.6 Å². The predicted octanol–water partition coefficient (Wildman–Crippen LogP) is 4.54. The maximum atomic E-state index is 13.6. The molecule has 2 heterocycles. The van der Waals surface area contributed by atoms with E-state index in [0.717, 1.165) is 24.1 Å². The highest BCUT2D eigenvalue weighted by Gasteiger charge is 2.15. The Balaban J connectivity index is 1.98. The second-order valence-electron chi connectivity index (χ2n) is 6.20. The second kappa shape index (κ2) is 8.38. The normalized spacial score (nSPS) is 11.7. The van der Waals surface area contributed by atoms with Crippen LogP contribution in [0.25, 0.3) is 11.3 Å². The van der Waals surface area contributed by atoms with E-state index in [2.05, 4.69) is 25.6 Å². The molecule has 0 aliphatic heterocycles. The van der Waals surface area contributed by atoms with Crippen LogP contribution in [-0.4, -0.2) is 25.9 Å². The first-order valence-electron chi connectivity index (χ1n) is 8.73. The van der Waals surface area contributed by atoms with Crippen molar-refractivity contribution in [2.24, 2.45) is 0 Å². The van der Waals surface area contributed by atoms with Gasteiger partial charge in [-0.25, -0.2) is 4.98 Å². The zero-order valence-electron chi connectivity index (χ0n) is 15.4. The third kappa shape index (κ3) is 4.56. The zero-order valence-corrected chi connectivity index (χ0v) is 15.4. The lowest BCUT2D eigenvalue weighted by atomic mass is 10.2. The summed E-state index contributed by atoms with van der Waals surface area (Å²) in [6.45, 7) is 4.06. The molecule has 9 heteroatoms. The van der Waals surface area contributed by atoms with E-state index in [1.807, 2.05) is 26.0 Å². The summed E-state index contributed by atoms with van der Waals surface area (Å²) in [7, 11) is 0. The summed E-state index contributed by atoms with van der Waals surface area (Å²) in [5.41, 5.74) is 1.24. The fraction of sp³-hybridized carbons (Fsp3) is 0.211. The van der Waals surface area contributed by atoms with E-state index < -0.39 is 16.4 Å². The van der Waals surface area contributed by atoms with Gasteiger partial charge in [0.2, 0.25) is 11.8 Å². The maximum absolute atomic E-state index is 13.6. The highest BCUT2D eigenvalue weighted by molar-refractivity contribution is 5.68. The summed E-state index contributed by atoms with van der Waals surface area (Å²) in [5.74, 6) is -0.0499. The minimum Gasteiger partial charge on any atom is -0.352 e. The van der Waals surface area contributed by atoms with Gasteiger partial charge in [0.25, 0.3) is 0 Å². The number of benzene rings is 1. The van der Waals surface area contributed by atoms with Crippen molar-refractivity contribution in [1.29, 1.82) is 0 Å². The fourth-order valence-electron chi connectivity index (χ4n) is 2.45. The molecule has 0 saturated carbocycles. The topological polar surface area (TPSA) is 106 Å². The number of nitro benzene ring substituents is 1. The molecule has 3 aromatic rings. The average molecular weight is 382 g/mol. The summed E-state index contributed by atoms with van der Waals surface area (Å²) in [5, 5.41) is 17.2. The first kappa shape index (κ1) is 19.2. The van der Waals surface area contributed by atoms with Gasteiger partial charge in [-0.15, -0.1) is 0 Å². The largest absolute Gasteiger partial charge is 0.352 e. The van der Waals surface area contributed by atoms with Crippen molar-refractivity contribution >= 4 is 23.1 Å². The first-order valence-corrected chi connectivity index (χ1v) is 8.73. The Morgan fingerprint density at radius 1 is 1.18 bits per heavy atom. The maximum Gasteiger partial charge on any atom is 0.306 e. The van der Waals surface area contributed by atoms with Gasteiger partial charge in [0.1, 0.15) is 5.82 Å². The molecule has 3 rings (SSSR count). The minimum absolute atomic E-state index is 0.160. The molecule has 1 aromatic carbocycles. The molecule has 0 radical (unpaired) electrons. The summed E-state index contributed by atoms with van der Waals surface area (Å²) >= 11 is 0.